The van der Waals surface area contributed by atoms with Crippen LogP contribution in [-0.2, 0) is 0 Å². The van der Waals surface area contributed by atoms with Crippen LogP contribution in [0.4, 0.5) is 4.39 Å². The number of amides is 1. The van der Waals surface area contributed by atoms with Gasteiger partial charge in [-0.3, -0.25) is 4.79 Å². The van der Waals surface area contributed by atoms with Crippen LogP contribution in [0.15, 0.2) is 18.2 Å². The van der Waals surface area contributed by atoms with Gasteiger partial charge in [0.1, 0.15) is 5.82 Å². The van der Waals surface area contributed by atoms with Crippen molar-refractivity contribution in [2.45, 2.75) is 25.8 Å². The van der Waals surface area contributed by atoms with E-state index in [-0.39, 0.29) is 11.9 Å². The minimum Gasteiger partial charge on any atom is -0.392 e. The van der Waals surface area contributed by atoms with Crippen molar-refractivity contribution in [1.29, 1.82) is 0 Å². The molecule has 2 N–H and O–H groups in total. The summed E-state index contributed by atoms with van der Waals surface area (Å²) >= 11 is 4.97. The zero-order valence-corrected chi connectivity index (χ0v) is 11.0. The van der Waals surface area contributed by atoms with Crippen molar-refractivity contribution in [3.05, 3.63) is 35.1 Å². The standard InChI is InChI=1S/C13H15FN2OS/c1-8-4-5-9(14)7-10(8)13(17)16-6-2-3-11(16)12(15)18/h4-5,7,11H,2-3,6H2,1H3,(H2,15,18). The molecule has 0 radical (unpaired) electrons. The molecule has 1 aliphatic rings. The quantitative estimate of drug-likeness (QED) is 0.833. The Labute approximate surface area is 111 Å². The Kier molecular flexibility index (Phi) is 3.61. The summed E-state index contributed by atoms with van der Waals surface area (Å²) < 4.78 is 13.2. The molecule has 1 aliphatic heterocycles. The number of rotatable bonds is 2. The Morgan fingerprint density at radius 1 is 1.56 bits per heavy atom. The molecule has 0 spiro atoms. The summed E-state index contributed by atoms with van der Waals surface area (Å²) in [5.41, 5.74) is 6.78. The van der Waals surface area contributed by atoms with Crippen LogP contribution in [-0.4, -0.2) is 28.4 Å². The zero-order chi connectivity index (χ0) is 13.3. The van der Waals surface area contributed by atoms with Gasteiger partial charge < -0.3 is 10.6 Å². The zero-order valence-electron chi connectivity index (χ0n) is 10.1. The highest BCUT2D eigenvalue weighted by Gasteiger charge is 2.31. The second-order valence-electron chi connectivity index (χ2n) is 4.52. The van der Waals surface area contributed by atoms with Crippen LogP contribution < -0.4 is 5.73 Å². The Bertz CT molecular complexity index is 504. The van der Waals surface area contributed by atoms with Crippen LogP contribution >= 0.6 is 12.2 Å². The lowest BCUT2D eigenvalue weighted by Crippen LogP contribution is -2.43. The predicted molar refractivity (Wildman–Crippen MR) is 72.0 cm³/mol. The Hall–Kier alpha value is -1.49. The number of aryl methyl sites for hydroxylation is 1. The molecular weight excluding hydrogens is 251 g/mol. The lowest BCUT2D eigenvalue weighted by Gasteiger charge is -2.24. The van der Waals surface area contributed by atoms with E-state index < -0.39 is 5.82 Å². The van der Waals surface area contributed by atoms with Gasteiger partial charge in [-0.2, -0.15) is 0 Å². The SMILES string of the molecule is Cc1ccc(F)cc1C(=O)N1CCCC1C(N)=S. The van der Waals surface area contributed by atoms with Crippen molar-refractivity contribution in [3.8, 4) is 0 Å². The van der Waals surface area contributed by atoms with E-state index in [1.807, 2.05) is 0 Å². The molecule has 1 atom stereocenters. The topological polar surface area (TPSA) is 46.3 Å². The fraction of sp³-hybridized carbons (Fsp3) is 0.385. The van der Waals surface area contributed by atoms with Gasteiger partial charge in [0.05, 0.1) is 11.0 Å². The summed E-state index contributed by atoms with van der Waals surface area (Å²) in [7, 11) is 0. The van der Waals surface area contributed by atoms with Gasteiger partial charge in [0.15, 0.2) is 0 Å². The minimum atomic E-state index is -0.407. The molecule has 2 rings (SSSR count). The van der Waals surface area contributed by atoms with Crippen LogP contribution in [0, 0.1) is 12.7 Å². The third-order valence-corrected chi connectivity index (χ3v) is 3.54. The summed E-state index contributed by atoms with van der Waals surface area (Å²) in [5, 5.41) is 0. The molecule has 0 saturated carbocycles. The van der Waals surface area contributed by atoms with Gasteiger partial charge in [-0.15, -0.1) is 0 Å². The van der Waals surface area contributed by atoms with Crippen molar-refractivity contribution in [1.82, 2.24) is 4.90 Å². The van der Waals surface area contributed by atoms with E-state index >= 15 is 0 Å². The highest BCUT2D eigenvalue weighted by molar-refractivity contribution is 7.80. The minimum absolute atomic E-state index is 0.192. The molecular formula is C13H15FN2OS. The van der Waals surface area contributed by atoms with Gasteiger partial charge in [-0.05, 0) is 37.5 Å². The number of hydrogen-bond acceptors (Lipinski definition) is 2. The maximum atomic E-state index is 13.2. The Morgan fingerprint density at radius 2 is 2.28 bits per heavy atom. The second-order valence-corrected chi connectivity index (χ2v) is 4.99. The van der Waals surface area contributed by atoms with Gasteiger partial charge in [-0.1, -0.05) is 18.3 Å². The lowest BCUT2D eigenvalue weighted by atomic mass is 10.1. The number of halogens is 1. The molecule has 3 nitrogen and oxygen atoms in total. The van der Waals surface area contributed by atoms with Crippen LogP contribution in [0.1, 0.15) is 28.8 Å². The second kappa shape index (κ2) is 5.02. The normalized spacial score (nSPS) is 19.0. The van der Waals surface area contributed by atoms with E-state index in [1.165, 1.54) is 12.1 Å². The fourth-order valence-electron chi connectivity index (χ4n) is 2.28. The molecule has 1 aromatic carbocycles. The van der Waals surface area contributed by atoms with Gasteiger partial charge >= 0.3 is 0 Å². The maximum absolute atomic E-state index is 13.2. The van der Waals surface area contributed by atoms with Gasteiger partial charge in [0.2, 0.25) is 0 Å². The van der Waals surface area contributed by atoms with Crippen molar-refractivity contribution in [2.24, 2.45) is 5.73 Å². The third-order valence-electron chi connectivity index (χ3n) is 3.27. The van der Waals surface area contributed by atoms with E-state index in [2.05, 4.69) is 0 Å². The maximum Gasteiger partial charge on any atom is 0.254 e. The largest absolute Gasteiger partial charge is 0.392 e. The highest BCUT2D eigenvalue weighted by Crippen LogP contribution is 2.22. The number of hydrogen-bond donors (Lipinski definition) is 1. The van der Waals surface area contributed by atoms with Crippen molar-refractivity contribution < 1.29 is 9.18 Å². The molecule has 5 heteroatoms. The molecule has 1 heterocycles. The third kappa shape index (κ3) is 2.36. The summed E-state index contributed by atoms with van der Waals surface area (Å²) in [6.07, 6.45) is 1.66. The predicted octanol–water partition coefficient (Wildman–Crippen LogP) is 2.02. The fourth-order valence-corrected chi connectivity index (χ4v) is 2.53. The molecule has 0 aliphatic carbocycles. The first kappa shape index (κ1) is 13.0. The molecule has 1 saturated heterocycles. The van der Waals surface area contributed by atoms with Gasteiger partial charge in [0.25, 0.3) is 5.91 Å². The summed E-state index contributed by atoms with van der Waals surface area (Å²) in [4.78, 5) is 14.4. The molecule has 18 heavy (non-hydrogen) atoms. The van der Waals surface area contributed by atoms with Crippen LogP contribution in [0.5, 0.6) is 0 Å². The van der Waals surface area contributed by atoms with E-state index in [1.54, 1.807) is 17.9 Å². The summed E-state index contributed by atoms with van der Waals surface area (Å²) in [6.45, 7) is 2.41. The molecule has 1 amide bonds. The van der Waals surface area contributed by atoms with Gasteiger partial charge in [-0.25, -0.2) is 4.39 Å². The number of likely N-dealkylation sites (tertiary alicyclic amines) is 1. The molecule has 96 valence electrons. The van der Waals surface area contributed by atoms with Crippen molar-refractivity contribution in [2.75, 3.05) is 6.54 Å². The Balaban J connectivity index is 2.31. The van der Waals surface area contributed by atoms with E-state index in [9.17, 15) is 9.18 Å². The van der Waals surface area contributed by atoms with Crippen LogP contribution in [0.3, 0.4) is 0 Å². The average Bonchev–Trinajstić information content (AvgIpc) is 2.80. The highest BCUT2D eigenvalue weighted by atomic mass is 32.1. The number of carbonyl (C=O) groups is 1. The van der Waals surface area contributed by atoms with Crippen LogP contribution in [0.2, 0.25) is 0 Å². The van der Waals surface area contributed by atoms with Gasteiger partial charge in [0, 0.05) is 12.1 Å². The summed E-state index contributed by atoms with van der Waals surface area (Å²) in [5.74, 6) is -0.600. The number of nitrogens with two attached hydrogens (primary N) is 1. The molecule has 1 fully saturated rings. The average molecular weight is 266 g/mol. The van der Waals surface area contributed by atoms with E-state index in [4.69, 9.17) is 18.0 Å². The molecule has 1 unspecified atom stereocenters. The number of benzene rings is 1. The monoisotopic (exact) mass is 266 g/mol. The number of nitrogens with zero attached hydrogens (tertiary/aromatic N) is 1. The first-order chi connectivity index (χ1) is 8.50. The van der Waals surface area contributed by atoms with E-state index in [0.717, 1.165) is 18.4 Å². The number of thiocarbonyl (C=S) groups is 1. The van der Waals surface area contributed by atoms with Crippen LogP contribution in [0.25, 0.3) is 0 Å². The first-order valence-electron chi connectivity index (χ1n) is 5.87. The smallest absolute Gasteiger partial charge is 0.254 e. The Morgan fingerprint density at radius 3 is 2.94 bits per heavy atom. The first-order valence-corrected chi connectivity index (χ1v) is 6.28. The van der Waals surface area contributed by atoms with E-state index in [0.29, 0.717) is 17.1 Å². The molecule has 1 aromatic rings. The van der Waals surface area contributed by atoms with Crippen molar-refractivity contribution >= 4 is 23.1 Å². The lowest BCUT2D eigenvalue weighted by molar-refractivity contribution is 0.0769. The summed E-state index contributed by atoms with van der Waals surface area (Å²) in [6, 6.07) is 4.03. The molecule has 0 aromatic heterocycles. The molecule has 0 bridgehead atoms. The number of carbonyl (C=O) groups excluding carboxylic acids is 1. The van der Waals surface area contributed by atoms with Crippen molar-refractivity contribution in [3.63, 3.8) is 0 Å².